The summed E-state index contributed by atoms with van der Waals surface area (Å²) in [5.41, 5.74) is 1.22. The first-order chi connectivity index (χ1) is 13.9. The number of nitrogens with zero attached hydrogens (tertiary/aromatic N) is 3. The van der Waals surface area contributed by atoms with Gasteiger partial charge in [0.25, 0.3) is 5.91 Å². The molecule has 1 N–H and O–H groups in total. The number of carbonyl (C=O) groups excluding carboxylic acids is 1. The summed E-state index contributed by atoms with van der Waals surface area (Å²) in [5.74, 6) is 1.17. The minimum Gasteiger partial charge on any atom is -0.495 e. The fourth-order valence-electron chi connectivity index (χ4n) is 3.19. The zero-order chi connectivity index (χ0) is 20.9. The first kappa shape index (κ1) is 21.1. The highest BCUT2D eigenvalue weighted by Gasteiger charge is 2.25. The lowest BCUT2D eigenvalue weighted by molar-refractivity contribution is 0.0644. The molecule has 1 amide bonds. The molecule has 1 aromatic carbocycles. The van der Waals surface area contributed by atoms with E-state index in [0.29, 0.717) is 49.9 Å². The fourth-order valence-corrected chi connectivity index (χ4v) is 3.78. The molecule has 1 aliphatic heterocycles. The normalized spacial score (nSPS) is 15.2. The summed E-state index contributed by atoms with van der Waals surface area (Å²) < 4.78 is 28.1. The molecule has 0 radical (unpaired) electrons. The van der Waals surface area contributed by atoms with Crippen LogP contribution in [0.4, 0.5) is 11.5 Å². The number of nitrogens with one attached hydrogen (secondary N) is 1. The number of hydrogen-bond acceptors (Lipinski definition) is 7. The van der Waals surface area contributed by atoms with Crippen LogP contribution < -0.4 is 10.1 Å². The lowest BCUT2D eigenvalue weighted by atomic mass is 10.2. The van der Waals surface area contributed by atoms with Gasteiger partial charge >= 0.3 is 0 Å². The average Bonchev–Trinajstić information content (AvgIpc) is 2.72. The van der Waals surface area contributed by atoms with Crippen LogP contribution in [0.1, 0.15) is 10.4 Å². The summed E-state index contributed by atoms with van der Waals surface area (Å²) in [6.45, 7) is 2.89. The number of piperazine rings is 1. The highest BCUT2D eigenvalue weighted by Crippen LogP contribution is 2.28. The Morgan fingerprint density at radius 3 is 2.55 bits per heavy atom. The molecule has 156 valence electrons. The number of amides is 1. The molecule has 1 aromatic heterocycles. The molecule has 29 heavy (non-hydrogen) atoms. The van der Waals surface area contributed by atoms with Gasteiger partial charge in [0.05, 0.1) is 24.1 Å². The predicted octanol–water partition coefficient (Wildman–Crippen LogP) is 1.64. The maximum Gasteiger partial charge on any atom is 0.257 e. The number of sulfone groups is 1. The van der Waals surface area contributed by atoms with Gasteiger partial charge in [-0.2, -0.15) is 0 Å². The summed E-state index contributed by atoms with van der Waals surface area (Å²) in [6.07, 6.45) is 2.88. The van der Waals surface area contributed by atoms with Gasteiger partial charge in [-0.3, -0.25) is 9.69 Å². The molecule has 1 fully saturated rings. The van der Waals surface area contributed by atoms with Crippen molar-refractivity contribution in [2.24, 2.45) is 0 Å². The van der Waals surface area contributed by atoms with Crippen LogP contribution in [0.2, 0.25) is 0 Å². The van der Waals surface area contributed by atoms with E-state index < -0.39 is 9.84 Å². The third-order valence-corrected chi connectivity index (χ3v) is 5.76. The average molecular weight is 419 g/mol. The molecule has 0 saturated carbocycles. The second-order valence-electron chi connectivity index (χ2n) is 6.99. The second-order valence-corrected chi connectivity index (χ2v) is 9.25. The molecule has 0 unspecified atom stereocenters. The van der Waals surface area contributed by atoms with E-state index in [9.17, 15) is 13.2 Å². The number of hydrogen-bond donors (Lipinski definition) is 1. The zero-order valence-electron chi connectivity index (χ0n) is 16.7. The maximum absolute atomic E-state index is 13.1. The topological polar surface area (TPSA) is 91.8 Å². The summed E-state index contributed by atoms with van der Waals surface area (Å²) in [6, 6.07) is 10.9. The Bertz CT molecular complexity index is 956. The van der Waals surface area contributed by atoms with Crippen molar-refractivity contribution >= 4 is 27.2 Å². The van der Waals surface area contributed by atoms with Crippen LogP contribution in [0, 0.1) is 0 Å². The highest BCUT2D eigenvalue weighted by atomic mass is 32.2. The van der Waals surface area contributed by atoms with E-state index in [0.717, 1.165) is 5.69 Å². The fraction of sp³-hybridized carbons (Fsp3) is 0.400. The minimum absolute atomic E-state index is 0.0988. The Balaban J connectivity index is 1.68. The van der Waals surface area contributed by atoms with Crippen molar-refractivity contribution in [3.05, 3.63) is 48.2 Å². The van der Waals surface area contributed by atoms with Crippen molar-refractivity contribution in [3.8, 4) is 5.75 Å². The smallest absolute Gasteiger partial charge is 0.257 e. The van der Waals surface area contributed by atoms with E-state index >= 15 is 0 Å². The van der Waals surface area contributed by atoms with Crippen LogP contribution in [0.5, 0.6) is 5.75 Å². The number of pyridine rings is 1. The van der Waals surface area contributed by atoms with Crippen LogP contribution in [-0.2, 0) is 9.84 Å². The largest absolute Gasteiger partial charge is 0.495 e. The Morgan fingerprint density at radius 1 is 1.14 bits per heavy atom. The monoisotopic (exact) mass is 418 g/mol. The van der Waals surface area contributed by atoms with Crippen LogP contribution >= 0.6 is 0 Å². The minimum atomic E-state index is -2.99. The van der Waals surface area contributed by atoms with Crippen LogP contribution in [0.3, 0.4) is 0 Å². The lowest BCUT2D eigenvalue weighted by Crippen LogP contribution is -2.49. The molecule has 0 atom stereocenters. The molecule has 0 spiro atoms. The van der Waals surface area contributed by atoms with Gasteiger partial charge in [0.15, 0.2) is 0 Å². The molecular formula is C20H26N4O4S. The summed E-state index contributed by atoms with van der Waals surface area (Å²) in [5, 5.41) is 3.20. The molecule has 1 saturated heterocycles. The Kier molecular flexibility index (Phi) is 6.71. The van der Waals surface area contributed by atoms with Gasteiger partial charge in [0.1, 0.15) is 21.4 Å². The van der Waals surface area contributed by atoms with E-state index in [4.69, 9.17) is 4.74 Å². The maximum atomic E-state index is 13.1. The molecule has 0 aliphatic carbocycles. The highest BCUT2D eigenvalue weighted by molar-refractivity contribution is 7.90. The Hall–Kier alpha value is -2.65. The van der Waals surface area contributed by atoms with E-state index in [-0.39, 0.29) is 11.7 Å². The molecule has 9 heteroatoms. The van der Waals surface area contributed by atoms with Crippen molar-refractivity contribution in [2.75, 3.05) is 57.2 Å². The number of para-hydroxylation sites is 2. The number of methoxy groups -OCH3 is 1. The second kappa shape index (κ2) is 9.23. The molecule has 2 aromatic rings. The number of ether oxygens (including phenoxy) is 1. The van der Waals surface area contributed by atoms with Crippen molar-refractivity contribution in [1.82, 2.24) is 14.8 Å². The number of aromatic nitrogens is 1. The molecule has 0 bridgehead atoms. The molecule has 2 heterocycles. The summed E-state index contributed by atoms with van der Waals surface area (Å²) >= 11 is 0. The van der Waals surface area contributed by atoms with Gasteiger partial charge in [-0.15, -0.1) is 0 Å². The van der Waals surface area contributed by atoms with E-state index in [1.54, 1.807) is 30.3 Å². The zero-order valence-corrected chi connectivity index (χ0v) is 17.5. The van der Waals surface area contributed by atoms with Gasteiger partial charge in [-0.1, -0.05) is 12.1 Å². The van der Waals surface area contributed by atoms with E-state index in [2.05, 4.69) is 15.2 Å². The van der Waals surface area contributed by atoms with Crippen molar-refractivity contribution in [3.63, 3.8) is 0 Å². The van der Waals surface area contributed by atoms with Crippen molar-refractivity contribution in [2.45, 2.75) is 0 Å². The third kappa shape index (κ3) is 5.68. The first-order valence-electron chi connectivity index (χ1n) is 9.42. The Labute approximate surface area is 171 Å². The van der Waals surface area contributed by atoms with Gasteiger partial charge < -0.3 is 15.0 Å². The van der Waals surface area contributed by atoms with Crippen molar-refractivity contribution in [1.29, 1.82) is 0 Å². The lowest BCUT2D eigenvalue weighted by Gasteiger charge is -2.34. The van der Waals surface area contributed by atoms with E-state index in [1.165, 1.54) is 6.26 Å². The standard InChI is InChI=1S/C20H26N4O4S/c1-28-18-8-4-3-7-17(18)22-19-16(6-5-9-21-19)20(25)24-12-10-23(11-13-24)14-15-29(2,26)27/h3-9H,10-15H2,1-2H3,(H,21,22). The van der Waals surface area contributed by atoms with Gasteiger partial charge in [-0.05, 0) is 24.3 Å². The summed E-state index contributed by atoms with van der Waals surface area (Å²) in [7, 11) is -1.39. The van der Waals surface area contributed by atoms with Gasteiger partial charge in [0.2, 0.25) is 0 Å². The van der Waals surface area contributed by atoms with Crippen LogP contribution in [0.25, 0.3) is 0 Å². The van der Waals surface area contributed by atoms with Crippen molar-refractivity contribution < 1.29 is 17.9 Å². The quantitative estimate of drug-likeness (QED) is 0.731. The third-order valence-electron chi connectivity index (χ3n) is 4.84. The molecule has 8 nitrogen and oxygen atoms in total. The number of anilines is 2. The summed E-state index contributed by atoms with van der Waals surface area (Å²) in [4.78, 5) is 21.3. The molecule has 1 aliphatic rings. The van der Waals surface area contributed by atoms with E-state index in [1.807, 2.05) is 24.3 Å². The SMILES string of the molecule is COc1ccccc1Nc1ncccc1C(=O)N1CCN(CCS(C)(=O)=O)CC1. The number of benzene rings is 1. The number of carbonyl (C=O) groups is 1. The molecule has 3 rings (SSSR count). The van der Waals surface area contributed by atoms with Crippen LogP contribution in [-0.4, -0.2) is 81.0 Å². The Morgan fingerprint density at radius 2 is 1.86 bits per heavy atom. The van der Waals surface area contributed by atoms with Crippen LogP contribution in [0.15, 0.2) is 42.6 Å². The number of rotatable bonds is 7. The molecular weight excluding hydrogens is 392 g/mol. The van der Waals surface area contributed by atoms with Gasteiger partial charge in [0, 0.05) is 45.2 Å². The predicted molar refractivity (Wildman–Crippen MR) is 113 cm³/mol. The van der Waals surface area contributed by atoms with Gasteiger partial charge in [-0.25, -0.2) is 13.4 Å². The first-order valence-corrected chi connectivity index (χ1v) is 11.5.